The van der Waals surface area contributed by atoms with Crippen LogP contribution < -0.4 is 10.2 Å². The smallest absolute Gasteiger partial charge is 0.225 e. The molecule has 2 aromatic rings. The van der Waals surface area contributed by atoms with E-state index in [-0.39, 0.29) is 17.7 Å². The maximum absolute atomic E-state index is 12.7. The first-order chi connectivity index (χ1) is 15.2. The van der Waals surface area contributed by atoms with Crippen molar-refractivity contribution in [2.45, 2.75) is 45.1 Å². The molecular weight excluding hydrogens is 410 g/mol. The number of amides is 2. The van der Waals surface area contributed by atoms with Crippen LogP contribution in [0.5, 0.6) is 0 Å². The molecule has 3 aliphatic rings. The molecule has 2 fully saturated rings. The zero-order valence-electron chi connectivity index (χ0n) is 17.8. The van der Waals surface area contributed by atoms with E-state index in [4.69, 9.17) is 4.98 Å². The van der Waals surface area contributed by atoms with E-state index < -0.39 is 0 Å². The van der Waals surface area contributed by atoms with Crippen molar-refractivity contribution < 1.29 is 9.59 Å². The Morgan fingerprint density at radius 1 is 1.13 bits per heavy atom. The molecule has 164 valence electrons. The van der Waals surface area contributed by atoms with E-state index >= 15 is 0 Å². The number of nitrogens with zero attached hydrogens (tertiary/aromatic N) is 4. The maximum atomic E-state index is 12.7. The van der Waals surface area contributed by atoms with E-state index in [1.807, 2.05) is 17.0 Å². The zero-order chi connectivity index (χ0) is 21.2. The topological polar surface area (TPSA) is 78.4 Å². The Hall–Kier alpha value is -2.48. The van der Waals surface area contributed by atoms with Gasteiger partial charge in [0, 0.05) is 61.8 Å². The maximum Gasteiger partial charge on any atom is 0.225 e. The Kier molecular flexibility index (Phi) is 5.89. The third-order valence-corrected chi connectivity index (χ3v) is 7.99. The minimum absolute atomic E-state index is 0.00872. The number of rotatable bonds is 5. The molecule has 8 heteroatoms. The number of fused-ring (bicyclic) bond motifs is 1. The zero-order valence-corrected chi connectivity index (χ0v) is 18.6. The van der Waals surface area contributed by atoms with Gasteiger partial charge in [0.15, 0.2) is 5.13 Å². The molecule has 1 N–H and O–H groups in total. The fourth-order valence-electron chi connectivity index (χ4n) is 4.59. The van der Waals surface area contributed by atoms with Gasteiger partial charge in [-0.05, 0) is 43.7 Å². The Balaban J connectivity index is 1.15. The summed E-state index contributed by atoms with van der Waals surface area (Å²) in [5.41, 5.74) is 2.17. The van der Waals surface area contributed by atoms with Crippen LogP contribution in [-0.4, -0.2) is 52.9 Å². The number of pyridine rings is 1. The summed E-state index contributed by atoms with van der Waals surface area (Å²) < 4.78 is 0. The molecule has 1 saturated carbocycles. The van der Waals surface area contributed by atoms with Crippen molar-refractivity contribution in [3.05, 3.63) is 40.7 Å². The van der Waals surface area contributed by atoms with E-state index in [1.54, 1.807) is 23.7 Å². The van der Waals surface area contributed by atoms with Crippen molar-refractivity contribution in [2.75, 3.05) is 31.1 Å². The van der Waals surface area contributed by atoms with Crippen molar-refractivity contribution in [1.29, 1.82) is 0 Å². The van der Waals surface area contributed by atoms with Crippen LogP contribution in [0.25, 0.3) is 0 Å². The molecule has 2 aromatic heterocycles. The number of anilines is 1. The quantitative estimate of drug-likeness (QED) is 0.774. The summed E-state index contributed by atoms with van der Waals surface area (Å²) in [6.45, 7) is 3.80. The molecule has 2 aliphatic carbocycles. The van der Waals surface area contributed by atoms with Gasteiger partial charge in [0.2, 0.25) is 11.8 Å². The third-order valence-electron chi connectivity index (χ3n) is 6.80. The molecular formula is C23H29N5O2S. The lowest BCUT2D eigenvalue weighted by molar-refractivity contribution is -0.138. The van der Waals surface area contributed by atoms with E-state index in [1.165, 1.54) is 11.3 Å². The van der Waals surface area contributed by atoms with Crippen molar-refractivity contribution in [2.24, 2.45) is 11.8 Å². The second kappa shape index (κ2) is 8.94. The van der Waals surface area contributed by atoms with Crippen molar-refractivity contribution >= 4 is 28.3 Å². The normalized spacial score (nSPS) is 21.4. The molecule has 1 aliphatic heterocycles. The van der Waals surface area contributed by atoms with Gasteiger partial charge in [-0.2, -0.15) is 0 Å². The highest BCUT2D eigenvalue weighted by molar-refractivity contribution is 7.15. The summed E-state index contributed by atoms with van der Waals surface area (Å²) in [5.74, 6) is 0.756. The number of aryl methyl sites for hydroxylation is 1. The van der Waals surface area contributed by atoms with Gasteiger partial charge in [-0.25, -0.2) is 4.98 Å². The Morgan fingerprint density at radius 2 is 1.97 bits per heavy atom. The van der Waals surface area contributed by atoms with Gasteiger partial charge < -0.3 is 15.1 Å². The molecule has 0 radical (unpaired) electrons. The van der Waals surface area contributed by atoms with Crippen LogP contribution in [-0.2, 0) is 29.0 Å². The summed E-state index contributed by atoms with van der Waals surface area (Å²) in [6, 6.07) is 3.86. The molecule has 0 unspecified atom stereocenters. The van der Waals surface area contributed by atoms with E-state index in [0.717, 1.165) is 74.7 Å². The predicted molar refractivity (Wildman–Crippen MR) is 120 cm³/mol. The number of aromatic nitrogens is 2. The lowest BCUT2D eigenvalue weighted by atomic mass is 9.84. The number of carbonyl (C=O) groups is 2. The summed E-state index contributed by atoms with van der Waals surface area (Å²) in [4.78, 5) is 39.7. The lowest BCUT2D eigenvalue weighted by Crippen LogP contribution is -2.51. The number of piperazine rings is 1. The second-order valence-corrected chi connectivity index (χ2v) is 9.89. The third kappa shape index (κ3) is 4.44. The Bertz CT molecular complexity index is 935. The number of hydrogen-bond donors (Lipinski definition) is 1. The minimum atomic E-state index is 0.00872. The molecule has 5 rings (SSSR count). The average molecular weight is 440 g/mol. The molecule has 0 bridgehead atoms. The standard InChI is InChI=1S/C23H29N5O2S/c29-21(25-15-16-3-2-8-24-14-16)18-6-7-19-20(13-18)31-23(26-19)28-11-9-27(10-12-28)22(30)17-4-1-5-17/h2-3,8,14,17-18H,1,4-7,9-13,15H2,(H,25,29)/t18-/m0/s1. The van der Waals surface area contributed by atoms with Gasteiger partial charge in [-0.1, -0.05) is 12.5 Å². The predicted octanol–water partition coefficient (Wildman–Crippen LogP) is 2.41. The molecule has 1 atom stereocenters. The van der Waals surface area contributed by atoms with Crippen molar-refractivity contribution in [3.63, 3.8) is 0 Å². The van der Waals surface area contributed by atoms with Gasteiger partial charge in [0.25, 0.3) is 0 Å². The summed E-state index contributed by atoms with van der Waals surface area (Å²) in [6.07, 6.45) is 9.32. The van der Waals surface area contributed by atoms with Crippen molar-refractivity contribution in [1.82, 2.24) is 20.2 Å². The molecule has 0 spiro atoms. The Morgan fingerprint density at radius 3 is 2.68 bits per heavy atom. The highest BCUT2D eigenvalue weighted by Crippen LogP contribution is 2.35. The molecule has 3 heterocycles. The second-order valence-electron chi connectivity index (χ2n) is 8.83. The van der Waals surface area contributed by atoms with Crippen LogP contribution in [0.2, 0.25) is 0 Å². The number of carbonyl (C=O) groups excluding carboxylic acids is 2. The number of nitrogens with one attached hydrogen (secondary N) is 1. The number of thiazole rings is 1. The summed E-state index contributed by atoms with van der Waals surface area (Å²) in [7, 11) is 0. The monoisotopic (exact) mass is 439 g/mol. The fraction of sp³-hybridized carbons (Fsp3) is 0.565. The highest BCUT2D eigenvalue weighted by Gasteiger charge is 2.33. The molecule has 7 nitrogen and oxygen atoms in total. The van der Waals surface area contributed by atoms with E-state index in [9.17, 15) is 9.59 Å². The summed E-state index contributed by atoms with van der Waals surface area (Å²) >= 11 is 1.73. The first-order valence-corrected chi connectivity index (χ1v) is 12.2. The van der Waals surface area contributed by atoms with Gasteiger partial charge in [0.1, 0.15) is 0 Å². The molecule has 1 saturated heterocycles. The van der Waals surface area contributed by atoms with Gasteiger partial charge in [-0.15, -0.1) is 11.3 Å². The molecule has 31 heavy (non-hydrogen) atoms. The molecule has 0 aromatic carbocycles. The minimum Gasteiger partial charge on any atom is -0.352 e. The SMILES string of the molecule is O=C(NCc1cccnc1)[C@H]1CCc2nc(N3CCN(C(=O)C4CCC4)CC3)sc2C1. The van der Waals surface area contributed by atoms with Gasteiger partial charge in [-0.3, -0.25) is 14.6 Å². The lowest BCUT2D eigenvalue weighted by Gasteiger charge is -2.38. The highest BCUT2D eigenvalue weighted by atomic mass is 32.1. The molecule has 2 amide bonds. The largest absolute Gasteiger partial charge is 0.352 e. The first-order valence-electron chi connectivity index (χ1n) is 11.4. The van der Waals surface area contributed by atoms with Crippen LogP contribution in [0, 0.1) is 11.8 Å². The average Bonchev–Trinajstić information content (AvgIpc) is 3.20. The van der Waals surface area contributed by atoms with Crippen LogP contribution >= 0.6 is 11.3 Å². The van der Waals surface area contributed by atoms with E-state index in [2.05, 4.69) is 15.2 Å². The van der Waals surface area contributed by atoms with E-state index in [0.29, 0.717) is 12.5 Å². The number of hydrogen-bond acceptors (Lipinski definition) is 6. The van der Waals surface area contributed by atoms with Crippen LogP contribution in [0.15, 0.2) is 24.5 Å². The van der Waals surface area contributed by atoms with Crippen LogP contribution in [0.3, 0.4) is 0 Å². The van der Waals surface area contributed by atoms with Crippen LogP contribution in [0.1, 0.15) is 41.8 Å². The fourth-order valence-corrected chi connectivity index (χ4v) is 5.83. The van der Waals surface area contributed by atoms with Gasteiger partial charge in [0.05, 0.1) is 5.69 Å². The first kappa shape index (κ1) is 20.4. The van der Waals surface area contributed by atoms with Gasteiger partial charge >= 0.3 is 0 Å². The Labute approximate surface area is 186 Å². The van der Waals surface area contributed by atoms with Crippen LogP contribution in [0.4, 0.5) is 5.13 Å². The van der Waals surface area contributed by atoms with Crippen molar-refractivity contribution in [3.8, 4) is 0 Å². The summed E-state index contributed by atoms with van der Waals surface area (Å²) in [5, 5.41) is 4.11.